The first-order chi connectivity index (χ1) is 16.5. The van der Waals surface area contributed by atoms with Gasteiger partial charge in [0.25, 0.3) is 5.69 Å². The lowest BCUT2D eigenvalue weighted by Gasteiger charge is -2.06. The summed E-state index contributed by atoms with van der Waals surface area (Å²) < 4.78 is 0. The summed E-state index contributed by atoms with van der Waals surface area (Å²) in [6.07, 6.45) is 1.73. The third-order valence-electron chi connectivity index (χ3n) is 4.87. The molecule has 2 N–H and O–H groups in total. The summed E-state index contributed by atoms with van der Waals surface area (Å²) >= 11 is 1.26. The molecule has 8 nitrogen and oxygen atoms in total. The zero-order chi connectivity index (χ0) is 23.9. The number of nitro benzene ring substituents is 1. The molecule has 170 valence electrons. The van der Waals surface area contributed by atoms with E-state index in [2.05, 4.69) is 20.8 Å². The molecule has 0 atom stereocenters. The van der Waals surface area contributed by atoms with Crippen molar-refractivity contribution in [3.05, 3.63) is 106 Å². The van der Waals surface area contributed by atoms with E-state index in [0.29, 0.717) is 21.4 Å². The van der Waals surface area contributed by atoms with Crippen molar-refractivity contribution in [3.63, 3.8) is 0 Å². The number of benzene rings is 3. The number of nitrogens with zero attached hydrogens (tertiary/aromatic N) is 3. The van der Waals surface area contributed by atoms with Crippen molar-refractivity contribution in [1.82, 2.24) is 4.98 Å². The fourth-order valence-corrected chi connectivity index (χ4v) is 4.05. The predicted molar refractivity (Wildman–Crippen MR) is 135 cm³/mol. The minimum atomic E-state index is -0.455. The second kappa shape index (κ2) is 10.5. The van der Waals surface area contributed by atoms with Crippen molar-refractivity contribution in [3.8, 4) is 11.3 Å². The lowest BCUT2D eigenvalue weighted by Crippen LogP contribution is -2.14. The minimum absolute atomic E-state index is 0.0109. The van der Waals surface area contributed by atoms with Gasteiger partial charge in [-0.2, -0.15) is 5.10 Å². The average molecular weight is 472 g/mol. The molecular weight excluding hydrogens is 450 g/mol. The first-order valence-electron chi connectivity index (χ1n) is 10.4. The molecule has 1 aromatic heterocycles. The number of carbonyl (C=O) groups excluding carboxylic acids is 1. The highest BCUT2D eigenvalue weighted by Crippen LogP contribution is 2.36. The van der Waals surface area contributed by atoms with Gasteiger partial charge in [-0.3, -0.25) is 20.3 Å². The number of non-ortho nitro benzene ring substituents is 1. The second-order valence-electron chi connectivity index (χ2n) is 7.50. The topological polar surface area (TPSA) is 110 Å². The highest BCUT2D eigenvalue weighted by atomic mass is 32.1. The van der Waals surface area contributed by atoms with Crippen LogP contribution in [0.5, 0.6) is 0 Å². The molecule has 4 aromatic rings. The summed E-state index contributed by atoms with van der Waals surface area (Å²) in [4.78, 5) is 27.8. The molecule has 1 heterocycles. The van der Waals surface area contributed by atoms with E-state index >= 15 is 0 Å². The smallest absolute Gasteiger partial charge is 0.270 e. The molecule has 0 aliphatic carbocycles. The summed E-state index contributed by atoms with van der Waals surface area (Å²) in [5, 5.41) is 19.2. The van der Waals surface area contributed by atoms with E-state index in [1.165, 1.54) is 29.7 Å². The summed E-state index contributed by atoms with van der Waals surface area (Å²) in [7, 11) is 0. The van der Waals surface area contributed by atoms with Gasteiger partial charge in [-0.1, -0.05) is 83.6 Å². The average Bonchev–Trinajstić information content (AvgIpc) is 3.22. The van der Waals surface area contributed by atoms with Crippen LogP contribution in [0.4, 0.5) is 15.8 Å². The molecule has 0 aliphatic rings. The Kier molecular flexibility index (Phi) is 7.04. The number of carbonyl (C=O) groups is 1. The Morgan fingerprint density at radius 1 is 1.09 bits per heavy atom. The van der Waals surface area contributed by atoms with Crippen LogP contribution in [0.3, 0.4) is 0 Å². The van der Waals surface area contributed by atoms with Gasteiger partial charge in [0.1, 0.15) is 10.7 Å². The number of aromatic nitrogens is 1. The molecule has 0 saturated heterocycles. The van der Waals surface area contributed by atoms with Crippen LogP contribution in [-0.4, -0.2) is 22.0 Å². The second-order valence-corrected chi connectivity index (χ2v) is 8.49. The number of nitro groups is 1. The van der Waals surface area contributed by atoms with Crippen LogP contribution in [0.2, 0.25) is 0 Å². The normalized spacial score (nSPS) is 10.9. The third kappa shape index (κ3) is 5.90. The maximum absolute atomic E-state index is 12.7. The Morgan fingerprint density at radius 2 is 1.85 bits per heavy atom. The zero-order valence-electron chi connectivity index (χ0n) is 18.3. The number of thiazole rings is 1. The van der Waals surface area contributed by atoms with E-state index < -0.39 is 4.92 Å². The quantitative estimate of drug-likeness (QED) is 0.196. The first kappa shape index (κ1) is 22.8. The number of anilines is 2. The molecule has 0 unspecified atom stereocenters. The fraction of sp³-hybridized carbons (Fsp3) is 0.0800. The number of hydrazone groups is 1. The number of nitrogens with one attached hydrogen (secondary N) is 2. The predicted octanol–water partition coefficient (Wildman–Crippen LogP) is 5.65. The van der Waals surface area contributed by atoms with Gasteiger partial charge in [-0.05, 0) is 12.5 Å². The maximum atomic E-state index is 12.7. The molecule has 3 aromatic carbocycles. The van der Waals surface area contributed by atoms with Crippen molar-refractivity contribution >= 4 is 39.3 Å². The van der Waals surface area contributed by atoms with Gasteiger partial charge in [-0.15, -0.1) is 0 Å². The monoisotopic (exact) mass is 471 g/mol. The largest absolute Gasteiger partial charge is 0.316 e. The van der Waals surface area contributed by atoms with E-state index in [1.807, 2.05) is 61.5 Å². The number of hydrogen-bond acceptors (Lipinski definition) is 7. The number of rotatable bonds is 8. The molecule has 0 radical (unpaired) electrons. The van der Waals surface area contributed by atoms with Gasteiger partial charge >= 0.3 is 0 Å². The van der Waals surface area contributed by atoms with Crippen LogP contribution in [0, 0.1) is 17.0 Å². The van der Waals surface area contributed by atoms with Crippen LogP contribution in [-0.2, 0) is 11.2 Å². The van der Waals surface area contributed by atoms with Gasteiger partial charge in [-0.25, -0.2) is 4.98 Å². The molecule has 9 heteroatoms. The van der Waals surface area contributed by atoms with Crippen molar-refractivity contribution in [2.45, 2.75) is 13.3 Å². The minimum Gasteiger partial charge on any atom is -0.316 e. The Bertz CT molecular complexity index is 1330. The summed E-state index contributed by atoms with van der Waals surface area (Å²) in [6.45, 7) is 2.00. The van der Waals surface area contributed by atoms with Crippen LogP contribution in [0.1, 0.15) is 16.7 Å². The molecule has 34 heavy (non-hydrogen) atoms. The molecule has 0 spiro atoms. The highest BCUT2D eigenvalue weighted by Gasteiger charge is 2.16. The van der Waals surface area contributed by atoms with Crippen LogP contribution in [0.15, 0.2) is 84.0 Å². The molecule has 4 rings (SSSR count). The maximum Gasteiger partial charge on any atom is 0.270 e. The molecule has 1 amide bonds. The number of hydrogen-bond donors (Lipinski definition) is 2. The zero-order valence-corrected chi connectivity index (χ0v) is 19.1. The number of aryl methyl sites for hydroxylation is 1. The Labute approximate surface area is 200 Å². The van der Waals surface area contributed by atoms with Crippen LogP contribution >= 0.6 is 11.3 Å². The van der Waals surface area contributed by atoms with E-state index in [9.17, 15) is 14.9 Å². The third-order valence-corrected chi connectivity index (χ3v) is 5.74. The number of amides is 1. The van der Waals surface area contributed by atoms with Gasteiger partial charge < -0.3 is 5.32 Å². The summed E-state index contributed by atoms with van der Waals surface area (Å²) in [6, 6.07) is 23.5. The lowest BCUT2D eigenvalue weighted by atomic mass is 10.1. The van der Waals surface area contributed by atoms with Crippen LogP contribution in [0.25, 0.3) is 11.3 Å². The molecule has 0 aliphatic heterocycles. The van der Waals surface area contributed by atoms with Crippen molar-refractivity contribution in [1.29, 1.82) is 0 Å². The Hall–Kier alpha value is -4.37. The highest BCUT2D eigenvalue weighted by molar-refractivity contribution is 7.20. The van der Waals surface area contributed by atoms with Gasteiger partial charge in [0, 0.05) is 23.3 Å². The fourth-order valence-electron chi connectivity index (χ4n) is 3.19. The van der Waals surface area contributed by atoms with Crippen molar-refractivity contribution in [2.75, 3.05) is 10.7 Å². The van der Waals surface area contributed by atoms with E-state index in [-0.39, 0.29) is 18.0 Å². The Balaban J connectivity index is 1.54. The van der Waals surface area contributed by atoms with Gasteiger partial charge in [0.05, 0.1) is 17.6 Å². The van der Waals surface area contributed by atoms with E-state index in [0.717, 1.165) is 16.7 Å². The van der Waals surface area contributed by atoms with Gasteiger partial charge in [0.15, 0.2) is 0 Å². The Morgan fingerprint density at radius 3 is 2.59 bits per heavy atom. The first-order valence-corrected chi connectivity index (χ1v) is 11.2. The van der Waals surface area contributed by atoms with E-state index in [4.69, 9.17) is 0 Å². The standard InChI is InChI=1S/C25H21N5O3S/c1-17-10-12-20(13-11-17)23-24(27-22(31)15-18-6-3-2-4-7-18)34-25(28-23)29-26-16-19-8-5-9-21(14-19)30(32)33/h2-14,16H,15H2,1H3,(H,27,31)(H,28,29)/b26-16+. The molecule has 0 saturated carbocycles. The van der Waals surface area contributed by atoms with Crippen LogP contribution < -0.4 is 10.7 Å². The lowest BCUT2D eigenvalue weighted by molar-refractivity contribution is -0.384. The SMILES string of the molecule is Cc1ccc(-c2nc(N/N=C/c3cccc([N+](=O)[O-])c3)sc2NC(=O)Cc2ccccc2)cc1. The summed E-state index contributed by atoms with van der Waals surface area (Å²) in [5.74, 6) is -0.144. The molecular formula is C25H21N5O3S. The van der Waals surface area contributed by atoms with Crippen molar-refractivity contribution < 1.29 is 9.72 Å². The van der Waals surface area contributed by atoms with E-state index in [1.54, 1.807) is 12.1 Å². The van der Waals surface area contributed by atoms with Gasteiger partial charge in [0.2, 0.25) is 11.0 Å². The molecule has 0 bridgehead atoms. The van der Waals surface area contributed by atoms with Crippen molar-refractivity contribution in [2.24, 2.45) is 5.10 Å². The molecule has 0 fully saturated rings. The summed E-state index contributed by atoms with van der Waals surface area (Å²) in [5.41, 5.74) is 6.97.